The van der Waals surface area contributed by atoms with Crippen molar-refractivity contribution in [2.45, 2.75) is 32.2 Å². The van der Waals surface area contributed by atoms with Crippen LogP contribution in [-0.2, 0) is 14.4 Å². The van der Waals surface area contributed by atoms with Crippen molar-refractivity contribution in [2.24, 2.45) is 0 Å². The lowest BCUT2D eigenvalue weighted by Gasteiger charge is -2.14. The molecule has 128 valence electrons. The molecule has 0 aliphatic heterocycles. The lowest BCUT2D eigenvalue weighted by atomic mass is 10.2. The first-order valence-corrected chi connectivity index (χ1v) is 8.53. The Balaban J connectivity index is 3.87. The van der Waals surface area contributed by atoms with Crippen molar-refractivity contribution in [1.29, 1.82) is 0 Å². The fraction of sp³-hybridized carbons (Fsp3) is 0.786. The molecule has 8 heteroatoms. The number of thioether (sulfide) groups is 1. The van der Waals surface area contributed by atoms with E-state index in [0.29, 0.717) is 37.3 Å². The maximum atomic E-state index is 11.5. The Hall–Kier alpha value is -1.28. The number of amides is 2. The molecule has 0 aromatic rings. The largest absolute Gasteiger partial charge is 0.480 e. The Labute approximate surface area is 136 Å². The number of rotatable bonds is 12. The maximum absolute atomic E-state index is 11.5. The topological polar surface area (TPSA) is 98.7 Å². The minimum Gasteiger partial charge on any atom is -0.480 e. The molecule has 0 aliphatic rings. The predicted octanol–water partition coefficient (Wildman–Crippen LogP) is 0.157. The Kier molecular flexibility index (Phi) is 11.6. The number of carbonyl (C=O) groups is 3. The van der Waals surface area contributed by atoms with E-state index in [2.05, 4.69) is 10.6 Å². The van der Waals surface area contributed by atoms with Gasteiger partial charge in [-0.2, -0.15) is 11.8 Å². The van der Waals surface area contributed by atoms with Crippen molar-refractivity contribution >= 4 is 29.5 Å². The van der Waals surface area contributed by atoms with Gasteiger partial charge in [-0.15, -0.1) is 0 Å². The summed E-state index contributed by atoms with van der Waals surface area (Å²) < 4.78 is 0. The van der Waals surface area contributed by atoms with Crippen LogP contribution in [0.25, 0.3) is 0 Å². The van der Waals surface area contributed by atoms with E-state index in [4.69, 9.17) is 5.11 Å². The molecule has 0 fully saturated rings. The molecule has 22 heavy (non-hydrogen) atoms. The summed E-state index contributed by atoms with van der Waals surface area (Å²) in [6.07, 6.45) is 1.31. The fourth-order valence-electron chi connectivity index (χ4n) is 1.59. The third-order valence-corrected chi connectivity index (χ3v) is 3.77. The Morgan fingerprint density at radius 1 is 1.23 bits per heavy atom. The Bertz CT molecular complexity index is 364. The van der Waals surface area contributed by atoms with Gasteiger partial charge in [0, 0.05) is 19.5 Å². The van der Waals surface area contributed by atoms with Gasteiger partial charge in [0.1, 0.15) is 6.04 Å². The average Bonchev–Trinajstić information content (AvgIpc) is 2.41. The number of likely N-dealkylation sites (N-methyl/N-ethyl adjacent to an activating group) is 1. The normalized spacial score (nSPS) is 12.0. The van der Waals surface area contributed by atoms with Crippen LogP contribution < -0.4 is 10.6 Å². The zero-order chi connectivity index (χ0) is 17.0. The number of hydrogen-bond acceptors (Lipinski definition) is 5. The molecule has 2 amide bonds. The molecule has 0 spiro atoms. The summed E-state index contributed by atoms with van der Waals surface area (Å²) in [5, 5.41) is 14.3. The van der Waals surface area contributed by atoms with Crippen LogP contribution in [0.2, 0.25) is 0 Å². The van der Waals surface area contributed by atoms with Gasteiger partial charge in [-0.1, -0.05) is 6.92 Å². The number of nitrogens with one attached hydrogen (secondary N) is 2. The molecular weight excluding hydrogens is 306 g/mol. The summed E-state index contributed by atoms with van der Waals surface area (Å²) in [5.74, 6) is -0.553. The van der Waals surface area contributed by atoms with E-state index < -0.39 is 12.0 Å². The van der Waals surface area contributed by atoms with E-state index in [1.54, 1.807) is 0 Å². The van der Waals surface area contributed by atoms with Gasteiger partial charge >= 0.3 is 5.97 Å². The van der Waals surface area contributed by atoms with Crippen molar-refractivity contribution in [3.8, 4) is 0 Å². The number of carbonyl (C=O) groups excluding carboxylic acids is 2. The first-order chi connectivity index (χ1) is 10.4. The molecule has 0 aromatic carbocycles. The maximum Gasteiger partial charge on any atom is 0.326 e. The van der Waals surface area contributed by atoms with E-state index in [1.807, 2.05) is 25.9 Å². The summed E-state index contributed by atoms with van der Waals surface area (Å²) >= 11 is 1.37. The second-order valence-corrected chi connectivity index (χ2v) is 6.31. The van der Waals surface area contributed by atoms with Crippen LogP contribution in [0.3, 0.4) is 0 Å². The molecule has 0 aromatic heterocycles. The van der Waals surface area contributed by atoms with Crippen molar-refractivity contribution in [2.75, 3.05) is 38.7 Å². The van der Waals surface area contributed by atoms with E-state index in [0.717, 1.165) is 6.54 Å². The highest BCUT2D eigenvalue weighted by Gasteiger charge is 2.19. The summed E-state index contributed by atoms with van der Waals surface area (Å²) in [7, 11) is 3.86. The molecule has 0 saturated carbocycles. The highest BCUT2D eigenvalue weighted by molar-refractivity contribution is 7.99. The molecule has 1 atom stereocenters. The number of carboxylic acids is 1. The predicted molar refractivity (Wildman–Crippen MR) is 88.0 cm³/mol. The van der Waals surface area contributed by atoms with Gasteiger partial charge in [-0.3, -0.25) is 9.59 Å². The van der Waals surface area contributed by atoms with Gasteiger partial charge < -0.3 is 20.6 Å². The molecule has 0 radical (unpaired) electrons. The summed E-state index contributed by atoms with van der Waals surface area (Å²) in [4.78, 5) is 36.0. The summed E-state index contributed by atoms with van der Waals surface area (Å²) in [6.45, 7) is 3.23. The van der Waals surface area contributed by atoms with Crippen LogP contribution in [-0.4, -0.2) is 72.5 Å². The van der Waals surface area contributed by atoms with Crippen molar-refractivity contribution < 1.29 is 19.5 Å². The Morgan fingerprint density at radius 2 is 1.91 bits per heavy atom. The standard InChI is InChI=1S/C14H27N3O4S/c1-4-5-12(18)16-11(14(20)21)6-9-22-10-13(19)15-7-8-17(2)3/h11H,4-10H2,1-3H3,(H,15,19)(H,16,18)(H,20,21)/t11-/m0/s1. The van der Waals surface area contributed by atoms with Gasteiger partial charge in [-0.05, 0) is 32.7 Å². The third kappa shape index (κ3) is 11.4. The van der Waals surface area contributed by atoms with Crippen LogP contribution in [0.4, 0.5) is 0 Å². The van der Waals surface area contributed by atoms with Crippen LogP contribution in [0.1, 0.15) is 26.2 Å². The molecule has 0 heterocycles. The first kappa shape index (κ1) is 20.7. The number of hydrogen-bond donors (Lipinski definition) is 3. The lowest BCUT2D eigenvalue weighted by Crippen LogP contribution is -2.41. The molecular formula is C14H27N3O4S. The van der Waals surface area contributed by atoms with Gasteiger partial charge in [-0.25, -0.2) is 4.79 Å². The lowest BCUT2D eigenvalue weighted by molar-refractivity contribution is -0.141. The third-order valence-electron chi connectivity index (χ3n) is 2.78. The molecule has 0 rings (SSSR count). The molecule has 0 aliphatic carbocycles. The van der Waals surface area contributed by atoms with E-state index in [1.165, 1.54) is 11.8 Å². The minimum absolute atomic E-state index is 0.0613. The molecule has 7 nitrogen and oxygen atoms in total. The summed E-state index contributed by atoms with van der Waals surface area (Å²) in [5.41, 5.74) is 0. The smallest absolute Gasteiger partial charge is 0.326 e. The van der Waals surface area contributed by atoms with E-state index >= 15 is 0 Å². The first-order valence-electron chi connectivity index (χ1n) is 7.38. The highest BCUT2D eigenvalue weighted by Crippen LogP contribution is 2.05. The van der Waals surface area contributed by atoms with Gasteiger partial charge in [0.25, 0.3) is 0 Å². The highest BCUT2D eigenvalue weighted by atomic mass is 32.2. The summed E-state index contributed by atoms with van der Waals surface area (Å²) in [6, 6.07) is -0.886. The van der Waals surface area contributed by atoms with Gasteiger partial charge in [0.15, 0.2) is 0 Å². The molecule has 0 unspecified atom stereocenters. The second kappa shape index (κ2) is 12.3. The van der Waals surface area contributed by atoms with Crippen LogP contribution in [0.15, 0.2) is 0 Å². The molecule has 0 saturated heterocycles. The second-order valence-electron chi connectivity index (χ2n) is 5.20. The van der Waals surface area contributed by atoms with Crippen LogP contribution in [0, 0.1) is 0 Å². The SMILES string of the molecule is CCCC(=O)N[C@@H](CCSCC(=O)NCCN(C)C)C(=O)O. The average molecular weight is 333 g/mol. The molecule has 3 N–H and O–H groups in total. The zero-order valence-corrected chi connectivity index (χ0v) is 14.4. The van der Waals surface area contributed by atoms with E-state index in [9.17, 15) is 14.4 Å². The van der Waals surface area contributed by atoms with Crippen molar-refractivity contribution in [1.82, 2.24) is 15.5 Å². The minimum atomic E-state index is -1.04. The van der Waals surface area contributed by atoms with Gasteiger partial charge in [0.2, 0.25) is 11.8 Å². The van der Waals surface area contributed by atoms with Gasteiger partial charge in [0.05, 0.1) is 5.75 Å². The fourth-order valence-corrected chi connectivity index (χ4v) is 2.42. The number of nitrogens with zero attached hydrogens (tertiary/aromatic N) is 1. The number of aliphatic carboxylic acids is 1. The quantitative estimate of drug-likeness (QED) is 0.440. The Morgan fingerprint density at radius 3 is 2.45 bits per heavy atom. The monoisotopic (exact) mass is 333 g/mol. The van der Waals surface area contributed by atoms with E-state index in [-0.39, 0.29) is 11.8 Å². The zero-order valence-electron chi connectivity index (χ0n) is 13.6. The van der Waals surface area contributed by atoms with Crippen molar-refractivity contribution in [3.05, 3.63) is 0 Å². The van der Waals surface area contributed by atoms with Crippen molar-refractivity contribution in [3.63, 3.8) is 0 Å². The molecule has 0 bridgehead atoms. The van der Waals surface area contributed by atoms with Crippen LogP contribution in [0.5, 0.6) is 0 Å². The number of carboxylic acid groups (broad SMARTS) is 1. The van der Waals surface area contributed by atoms with Crippen LogP contribution >= 0.6 is 11.8 Å².